The number of nitrogens with zero attached hydrogens (tertiary/aromatic N) is 3. The Labute approximate surface area is 219 Å². The number of benzene rings is 5. The fourth-order valence-electron chi connectivity index (χ4n) is 5.99. The first-order valence-electron chi connectivity index (χ1n) is 12.9. The SMILES string of the molecule is c1ccc(-n2c3cnccc3c3ccc(-c4cccc5c6ccccc6n(-c6ccccc6)c45)cc32)cc1. The molecule has 0 saturated carbocycles. The summed E-state index contributed by atoms with van der Waals surface area (Å²) in [5.74, 6) is 0. The van der Waals surface area contributed by atoms with E-state index in [-0.39, 0.29) is 0 Å². The summed E-state index contributed by atoms with van der Waals surface area (Å²) in [7, 11) is 0. The lowest BCUT2D eigenvalue weighted by Crippen LogP contribution is -1.96. The molecule has 0 saturated heterocycles. The van der Waals surface area contributed by atoms with Gasteiger partial charge < -0.3 is 9.13 Å². The van der Waals surface area contributed by atoms with Crippen LogP contribution in [0.3, 0.4) is 0 Å². The smallest absolute Gasteiger partial charge is 0.0724 e. The zero-order chi connectivity index (χ0) is 25.1. The highest BCUT2D eigenvalue weighted by Gasteiger charge is 2.18. The second-order valence-electron chi connectivity index (χ2n) is 9.69. The van der Waals surface area contributed by atoms with Gasteiger partial charge in [0.2, 0.25) is 0 Å². The summed E-state index contributed by atoms with van der Waals surface area (Å²) in [6, 6.07) is 45.6. The van der Waals surface area contributed by atoms with Crippen molar-refractivity contribution in [2.24, 2.45) is 0 Å². The van der Waals surface area contributed by atoms with Crippen LogP contribution in [0.4, 0.5) is 0 Å². The van der Waals surface area contributed by atoms with Crippen LogP contribution >= 0.6 is 0 Å². The van der Waals surface area contributed by atoms with Crippen LogP contribution in [0.15, 0.2) is 140 Å². The Hall–Kier alpha value is -5.15. The van der Waals surface area contributed by atoms with E-state index in [1.807, 2.05) is 12.4 Å². The number of aromatic nitrogens is 3. The van der Waals surface area contributed by atoms with Gasteiger partial charge in [-0.15, -0.1) is 0 Å². The van der Waals surface area contributed by atoms with Crippen molar-refractivity contribution in [3.8, 4) is 22.5 Å². The molecule has 0 spiro atoms. The van der Waals surface area contributed by atoms with Gasteiger partial charge in [0.1, 0.15) is 0 Å². The van der Waals surface area contributed by atoms with Gasteiger partial charge >= 0.3 is 0 Å². The molecule has 0 aliphatic carbocycles. The summed E-state index contributed by atoms with van der Waals surface area (Å²) in [5.41, 5.74) is 9.43. The monoisotopic (exact) mass is 485 g/mol. The van der Waals surface area contributed by atoms with Crippen molar-refractivity contribution in [2.75, 3.05) is 0 Å². The zero-order valence-corrected chi connectivity index (χ0v) is 20.6. The van der Waals surface area contributed by atoms with Crippen LogP contribution in [0.2, 0.25) is 0 Å². The summed E-state index contributed by atoms with van der Waals surface area (Å²) in [6.45, 7) is 0. The van der Waals surface area contributed by atoms with Crippen molar-refractivity contribution in [2.45, 2.75) is 0 Å². The maximum Gasteiger partial charge on any atom is 0.0724 e. The Bertz CT molecular complexity index is 2120. The molecule has 0 fully saturated rings. The van der Waals surface area contributed by atoms with E-state index < -0.39 is 0 Å². The maximum absolute atomic E-state index is 4.46. The van der Waals surface area contributed by atoms with E-state index in [4.69, 9.17) is 0 Å². The van der Waals surface area contributed by atoms with Crippen LogP contribution in [0.5, 0.6) is 0 Å². The number of rotatable bonds is 3. The van der Waals surface area contributed by atoms with Gasteiger partial charge in [-0.1, -0.05) is 84.9 Å². The predicted octanol–water partition coefficient (Wildman–Crippen LogP) is 8.94. The normalized spacial score (nSPS) is 11.7. The highest BCUT2D eigenvalue weighted by Crippen LogP contribution is 2.40. The Balaban J connectivity index is 1.48. The third kappa shape index (κ3) is 2.99. The van der Waals surface area contributed by atoms with Crippen LogP contribution in [0, 0.1) is 0 Å². The molecule has 0 unspecified atom stereocenters. The first kappa shape index (κ1) is 21.0. The maximum atomic E-state index is 4.46. The first-order valence-corrected chi connectivity index (χ1v) is 12.9. The van der Waals surface area contributed by atoms with Crippen molar-refractivity contribution >= 4 is 43.6 Å². The molecule has 0 aliphatic heterocycles. The third-order valence-electron chi connectivity index (χ3n) is 7.60. The fraction of sp³-hybridized carbons (Fsp3) is 0. The van der Waals surface area contributed by atoms with Gasteiger partial charge in [-0.3, -0.25) is 4.98 Å². The average molecular weight is 486 g/mol. The molecule has 5 aromatic carbocycles. The standard InChI is InChI=1S/C35H23N3/c1-3-10-25(11-4-1)37-33-22-24(18-19-29(33)30-20-21-36-23-34(30)37)27-15-9-16-31-28-14-7-8-17-32(28)38(35(27)31)26-12-5-2-6-13-26/h1-23H. The Kier molecular flexibility index (Phi) is 4.52. The molecule has 3 nitrogen and oxygen atoms in total. The van der Waals surface area contributed by atoms with Crippen molar-refractivity contribution in [1.29, 1.82) is 0 Å². The van der Waals surface area contributed by atoms with Crippen LogP contribution in [-0.4, -0.2) is 14.1 Å². The molecule has 8 aromatic rings. The molecule has 0 radical (unpaired) electrons. The van der Waals surface area contributed by atoms with Crippen molar-refractivity contribution in [1.82, 2.24) is 14.1 Å². The quantitative estimate of drug-likeness (QED) is 0.245. The van der Waals surface area contributed by atoms with E-state index in [2.05, 4.69) is 142 Å². The molecule has 0 atom stereocenters. The molecule has 3 aromatic heterocycles. The predicted molar refractivity (Wildman–Crippen MR) is 158 cm³/mol. The number of fused-ring (bicyclic) bond motifs is 6. The van der Waals surface area contributed by atoms with Crippen LogP contribution in [0.25, 0.3) is 66.1 Å². The average Bonchev–Trinajstić information content (AvgIpc) is 3.51. The Morgan fingerprint density at radius 3 is 1.92 bits per heavy atom. The molecule has 3 heteroatoms. The van der Waals surface area contributed by atoms with Crippen LogP contribution < -0.4 is 0 Å². The minimum absolute atomic E-state index is 1.11. The van der Waals surface area contributed by atoms with Gasteiger partial charge in [-0.25, -0.2) is 0 Å². The van der Waals surface area contributed by atoms with E-state index in [9.17, 15) is 0 Å². The van der Waals surface area contributed by atoms with E-state index >= 15 is 0 Å². The summed E-state index contributed by atoms with van der Waals surface area (Å²) in [4.78, 5) is 4.46. The molecule has 3 heterocycles. The van der Waals surface area contributed by atoms with Gasteiger partial charge in [0.05, 0.1) is 28.3 Å². The molecule has 8 rings (SSSR count). The molecular weight excluding hydrogens is 462 g/mol. The molecule has 38 heavy (non-hydrogen) atoms. The van der Waals surface area contributed by atoms with E-state index in [0.29, 0.717) is 0 Å². The van der Waals surface area contributed by atoms with E-state index in [0.717, 1.165) is 16.9 Å². The van der Waals surface area contributed by atoms with Crippen molar-refractivity contribution in [3.05, 3.63) is 140 Å². The second-order valence-corrected chi connectivity index (χ2v) is 9.69. The molecule has 0 N–H and O–H groups in total. The lowest BCUT2D eigenvalue weighted by molar-refractivity contribution is 1.16. The molecule has 0 aliphatic rings. The van der Waals surface area contributed by atoms with Crippen molar-refractivity contribution < 1.29 is 0 Å². The van der Waals surface area contributed by atoms with Crippen molar-refractivity contribution in [3.63, 3.8) is 0 Å². The highest BCUT2D eigenvalue weighted by atomic mass is 15.0. The largest absolute Gasteiger partial charge is 0.309 e. The lowest BCUT2D eigenvalue weighted by Gasteiger charge is -2.12. The summed E-state index contributed by atoms with van der Waals surface area (Å²) in [5, 5.41) is 4.96. The topological polar surface area (TPSA) is 22.8 Å². The van der Waals surface area contributed by atoms with E-state index in [1.54, 1.807) is 0 Å². The Morgan fingerprint density at radius 1 is 0.447 bits per heavy atom. The summed E-state index contributed by atoms with van der Waals surface area (Å²) < 4.78 is 4.73. The number of hydrogen-bond donors (Lipinski definition) is 0. The van der Waals surface area contributed by atoms with Gasteiger partial charge in [0.25, 0.3) is 0 Å². The van der Waals surface area contributed by atoms with Crippen LogP contribution in [0.1, 0.15) is 0 Å². The van der Waals surface area contributed by atoms with Gasteiger partial charge in [-0.05, 0) is 48.0 Å². The number of pyridine rings is 1. The zero-order valence-electron chi connectivity index (χ0n) is 20.6. The van der Waals surface area contributed by atoms with Gasteiger partial charge in [0, 0.05) is 44.7 Å². The fourth-order valence-corrected chi connectivity index (χ4v) is 5.99. The lowest BCUT2D eigenvalue weighted by atomic mass is 10.0. The summed E-state index contributed by atoms with van der Waals surface area (Å²) in [6.07, 6.45) is 3.85. The number of hydrogen-bond acceptors (Lipinski definition) is 1. The van der Waals surface area contributed by atoms with E-state index in [1.165, 1.54) is 49.2 Å². The van der Waals surface area contributed by atoms with Gasteiger partial charge in [-0.2, -0.15) is 0 Å². The Morgan fingerprint density at radius 2 is 1.11 bits per heavy atom. The third-order valence-corrected chi connectivity index (χ3v) is 7.60. The molecule has 0 bridgehead atoms. The van der Waals surface area contributed by atoms with Crippen LogP contribution in [-0.2, 0) is 0 Å². The second kappa shape index (κ2) is 8.19. The highest BCUT2D eigenvalue weighted by molar-refractivity contribution is 6.15. The minimum Gasteiger partial charge on any atom is -0.309 e. The first-order chi connectivity index (χ1) is 18.9. The van der Waals surface area contributed by atoms with Gasteiger partial charge in [0.15, 0.2) is 0 Å². The molecule has 0 amide bonds. The molecular formula is C35H23N3. The summed E-state index contributed by atoms with van der Waals surface area (Å²) >= 11 is 0. The number of para-hydroxylation sites is 4. The minimum atomic E-state index is 1.11. The molecule has 178 valence electrons.